The van der Waals surface area contributed by atoms with E-state index in [0.29, 0.717) is 18.8 Å². The van der Waals surface area contributed by atoms with Crippen molar-refractivity contribution in [3.63, 3.8) is 0 Å². The van der Waals surface area contributed by atoms with Gasteiger partial charge < -0.3 is 9.80 Å². The molecular formula is C25H26N3O2+. The molecule has 0 aliphatic carbocycles. The fraction of sp³-hybridized carbons (Fsp3) is 0.200. The standard InChI is InChI=1S/C25H25N3O2/c29-24-13-7-8-14-28(24)23(19-21-9-3-1-4-10-21)25(30)27-17-15-26(16-18-27)20-22-11-5-2-6-12-22/h1-14,19H,15-18,20H2/p+1/b23-19+. The number of aromatic nitrogens is 1. The van der Waals surface area contributed by atoms with Crippen LogP contribution < -0.4 is 10.5 Å². The molecule has 0 radical (unpaired) electrons. The van der Waals surface area contributed by atoms with Crippen LogP contribution in [0.5, 0.6) is 0 Å². The molecule has 152 valence electrons. The zero-order valence-electron chi connectivity index (χ0n) is 16.9. The monoisotopic (exact) mass is 400 g/mol. The Morgan fingerprint density at radius 2 is 1.50 bits per heavy atom. The molecule has 0 spiro atoms. The Kier molecular flexibility index (Phi) is 6.20. The SMILES string of the molecule is O=C(/C(=C\c1ccccc1)n1ccccc1=O)N1CC[NH+](Cc2ccccc2)CC1. The van der Waals surface area contributed by atoms with E-state index < -0.39 is 0 Å². The maximum atomic E-state index is 13.4. The first-order chi connectivity index (χ1) is 14.7. The molecule has 1 N–H and O–H groups in total. The van der Waals surface area contributed by atoms with Gasteiger partial charge in [-0.3, -0.25) is 14.2 Å². The molecule has 0 bridgehead atoms. The van der Waals surface area contributed by atoms with Crippen LogP contribution in [0.3, 0.4) is 0 Å². The van der Waals surface area contributed by atoms with Crippen LogP contribution in [-0.4, -0.2) is 41.6 Å². The molecule has 30 heavy (non-hydrogen) atoms. The third-order valence-electron chi connectivity index (χ3n) is 5.46. The highest BCUT2D eigenvalue weighted by Crippen LogP contribution is 2.14. The Hall–Kier alpha value is -3.44. The summed E-state index contributed by atoms with van der Waals surface area (Å²) in [6.45, 7) is 4.10. The fourth-order valence-electron chi connectivity index (χ4n) is 3.82. The lowest BCUT2D eigenvalue weighted by Crippen LogP contribution is -3.13. The van der Waals surface area contributed by atoms with Crippen LogP contribution in [0.1, 0.15) is 11.1 Å². The van der Waals surface area contributed by atoms with Gasteiger partial charge in [0.25, 0.3) is 11.5 Å². The summed E-state index contributed by atoms with van der Waals surface area (Å²) in [4.78, 5) is 29.2. The quantitative estimate of drug-likeness (QED) is 0.664. The lowest BCUT2D eigenvalue weighted by atomic mass is 10.1. The summed E-state index contributed by atoms with van der Waals surface area (Å²) in [6.07, 6.45) is 3.46. The van der Waals surface area contributed by atoms with Crippen molar-refractivity contribution in [3.05, 3.63) is 107 Å². The lowest BCUT2D eigenvalue weighted by molar-refractivity contribution is -0.917. The molecule has 1 aliphatic heterocycles. The molecule has 1 fully saturated rings. The lowest BCUT2D eigenvalue weighted by Gasteiger charge is -2.33. The third kappa shape index (κ3) is 4.75. The van der Waals surface area contributed by atoms with Crippen LogP contribution >= 0.6 is 0 Å². The summed E-state index contributed by atoms with van der Waals surface area (Å²) in [5.74, 6) is -0.106. The van der Waals surface area contributed by atoms with Crippen LogP contribution in [0, 0.1) is 0 Å². The second-order valence-electron chi connectivity index (χ2n) is 7.55. The van der Waals surface area contributed by atoms with E-state index in [1.807, 2.05) is 41.3 Å². The minimum absolute atomic E-state index is 0.106. The van der Waals surface area contributed by atoms with E-state index in [1.165, 1.54) is 21.1 Å². The Labute approximate surface area is 176 Å². The molecule has 1 saturated heterocycles. The van der Waals surface area contributed by atoms with Gasteiger partial charge in [0.2, 0.25) is 0 Å². The smallest absolute Gasteiger partial charge is 0.271 e. The maximum Gasteiger partial charge on any atom is 0.271 e. The van der Waals surface area contributed by atoms with Gasteiger partial charge in [0.05, 0.1) is 26.2 Å². The predicted octanol–water partition coefficient (Wildman–Crippen LogP) is 1.77. The zero-order chi connectivity index (χ0) is 20.8. The van der Waals surface area contributed by atoms with Crippen molar-refractivity contribution in [3.8, 4) is 0 Å². The molecule has 1 aliphatic rings. The Morgan fingerprint density at radius 1 is 0.867 bits per heavy atom. The summed E-state index contributed by atoms with van der Waals surface area (Å²) in [5, 5.41) is 0. The molecule has 2 heterocycles. The molecule has 0 saturated carbocycles. The zero-order valence-corrected chi connectivity index (χ0v) is 16.9. The minimum Gasteiger partial charge on any atom is -0.328 e. The van der Waals surface area contributed by atoms with Crippen molar-refractivity contribution in [2.45, 2.75) is 6.54 Å². The molecule has 2 aromatic carbocycles. The number of nitrogens with zero attached hydrogens (tertiary/aromatic N) is 2. The summed E-state index contributed by atoms with van der Waals surface area (Å²) in [7, 11) is 0. The number of amides is 1. The average molecular weight is 401 g/mol. The Bertz CT molecular complexity index is 1070. The number of carbonyl (C=O) groups excluding carboxylic acids is 1. The summed E-state index contributed by atoms with van der Waals surface area (Å²) < 4.78 is 1.44. The van der Waals surface area contributed by atoms with E-state index in [1.54, 1.807) is 24.4 Å². The molecule has 1 amide bonds. The second kappa shape index (κ2) is 9.37. The molecule has 0 atom stereocenters. The number of quaternary nitrogens is 1. The number of pyridine rings is 1. The van der Waals surface area contributed by atoms with E-state index in [2.05, 4.69) is 24.3 Å². The molecule has 3 aromatic rings. The predicted molar refractivity (Wildman–Crippen MR) is 119 cm³/mol. The number of benzene rings is 2. The number of hydrogen-bond acceptors (Lipinski definition) is 2. The van der Waals surface area contributed by atoms with Gasteiger partial charge in [-0.15, -0.1) is 0 Å². The Morgan fingerprint density at radius 3 is 2.17 bits per heavy atom. The minimum atomic E-state index is -0.207. The van der Waals surface area contributed by atoms with Crippen LogP contribution in [0.4, 0.5) is 0 Å². The maximum absolute atomic E-state index is 13.4. The average Bonchev–Trinajstić information content (AvgIpc) is 2.80. The summed E-state index contributed by atoms with van der Waals surface area (Å²) in [5.41, 5.74) is 2.39. The normalized spacial score (nSPS) is 15.2. The van der Waals surface area contributed by atoms with Gasteiger partial charge in [-0.25, -0.2) is 0 Å². The van der Waals surface area contributed by atoms with Crippen molar-refractivity contribution in [1.82, 2.24) is 9.47 Å². The van der Waals surface area contributed by atoms with Crippen LogP contribution in [0.15, 0.2) is 89.9 Å². The van der Waals surface area contributed by atoms with Gasteiger partial charge >= 0.3 is 0 Å². The van der Waals surface area contributed by atoms with E-state index in [9.17, 15) is 9.59 Å². The van der Waals surface area contributed by atoms with Gasteiger partial charge in [-0.05, 0) is 17.7 Å². The van der Waals surface area contributed by atoms with Crippen molar-refractivity contribution in [1.29, 1.82) is 0 Å². The highest BCUT2D eigenvalue weighted by Gasteiger charge is 2.27. The van der Waals surface area contributed by atoms with Crippen molar-refractivity contribution < 1.29 is 9.69 Å². The first-order valence-corrected chi connectivity index (χ1v) is 10.3. The van der Waals surface area contributed by atoms with Crippen molar-refractivity contribution >= 4 is 17.7 Å². The van der Waals surface area contributed by atoms with Crippen molar-refractivity contribution in [2.75, 3.05) is 26.2 Å². The second-order valence-corrected chi connectivity index (χ2v) is 7.55. The fourth-order valence-corrected chi connectivity index (χ4v) is 3.82. The molecule has 1 aromatic heterocycles. The van der Waals surface area contributed by atoms with Gasteiger partial charge in [0.1, 0.15) is 12.2 Å². The van der Waals surface area contributed by atoms with Gasteiger partial charge in [0, 0.05) is 17.8 Å². The molecule has 0 unspecified atom stereocenters. The third-order valence-corrected chi connectivity index (χ3v) is 5.46. The largest absolute Gasteiger partial charge is 0.328 e. The van der Waals surface area contributed by atoms with E-state index in [0.717, 1.165) is 25.2 Å². The first-order valence-electron chi connectivity index (χ1n) is 10.3. The first kappa shape index (κ1) is 19.9. The van der Waals surface area contributed by atoms with Gasteiger partial charge in [0.15, 0.2) is 0 Å². The molecule has 5 nitrogen and oxygen atoms in total. The number of carbonyl (C=O) groups is 1. The molecular weight excluding hydrogens is 374 g/mol. The summed E-state index contributed by atoms with van der Waals surface area (Å²) >= 11 is 0. The molecule has 4 rings (SSSR count). The number of piperazine rings is 1. The van der Waals surface area contributed by atoms with E-state index >= 15 is 0 Å². The van der Waals surface area contributed by atoms with Gasteiger partial charge in [-0.1, -0.05) is 66.7 Å². The molecule has 5 heteroatoms. The highest BCUT2D eigenvalue weighted by molar-refractivity contribution is 6.18. The van der Waals surface area contributed by atoms with E-state index in [-0.39, 0.29) is 11.5 Å². The number of nitrogens with one attached hydrogen (secondary N) is 1. The van der Waals surface area contributed by atoms with Crippen LogP contribution in [0.2, 0.25) is 0 Å². The summed E-state index contributed by atoms with van der Waals surface area (Å²) in [6, 6.07) is 25.0. The Balaban J connectivity index is 1.52. The van der Waals surface area contributed by atoms with E-state index in [4.69, 9.17) is 0 Å². The topological polar surface area (TPSA) is 46.8 Å². The number of rotatable bonds is 5. The number of hydrogen-bond donors (Lipinski definition) is 1. The van der Waals surface area contributed by atoms with Gasteiger partial charge in [-0.2, -0.15) is 0 Å². The van der Waals surface area contributed by atoms with Crippen LogP contribution in [-0.2, 0) is 11.3 Å². The highest BCUT2D eigenvalue weighted by atomic mass is 16.2. The van der Waals surface area contributed by atoms with Crippen molar-refractivity contribution in [2.24, 2.45) is 0 Å². The van der Waals surface area contributed by atoms with Crippen LogP contribution in [0.25, 0.3) is 11.8 Å².